The lowest BCUT2D eigenvalue weighted by molar-refractivity contribution is 0.157. The van der Waals surface area contributed by atoms with Gasteiger partial charge in [0.05, 0.1) is 12.6 Å². The summed E-state index contributed by atoms with van der Waals surface area (Å²) in [5, 5.41) is 15.6. The molecule has 2 heterocycles. The number of hydrogen-bond acceptors (Lipinski definition) is 4. The molecule has 0 aromatic carbocycles. The van der Waals surface area contributed by atoms with Gasteiger partial charge in [-0.3, -0.25) is 0 Å². The SMILES string of the molecule is CC(CC(O)c1cccs1)NCc1ccc(C2CC2C)o1. The minimum absolute atomic E-state index is 0.246. The summed E-state index contributed by atoms with van der Waals surface area (Å²) in [6.07, 6.45) is 1.59. The van der Waals surface area contributed by atoms with Crippen LogP contribution >= 0.6 is 11.3 Å². The van der Waals surface area contributed by atoms with Crippen molar-refractivity contribution in [2.45, 2.75) is 51.3 Å². The van der Waals surface area contributed by atoms with Crippen LogP contribution in [0.4, 0.5) is 0 Å². The smallest absolute Gasteiger partial charge is 0.117 e. The Hall–Kier alpha value is -1.10. The van der Waals surface area contributed by atoms with Crippen LogP contribution in [-0.2, 0) is 6.54 Å². The van der Waals surface area contributed by atoms with Crippen molar-refractivity contribution in [2.24, 2.45) is 5.92 Å². The zero-order valence-electron chi connectivity index (χ0n) is 12.6. The molecular formula is C17H23NO2S. The predicted octanol–water partition coefficient (Wildman–Crippen LogP) is 4.07. The second kappa shape index (κ2) is 6.34. The van der Waals surface area contributed by atoms with Crippen molar-refractivity contribution in [2.75, 3.05) is 0 Å². The summed E-state index contributed by atoms with van der Waals surface area (Å²) in [7, 11) is 0. The Morgan fingerprint density at radius 1 is 1.43 bits per heavy atom. The van der Waals surface area contributed by atoms with Gasteiger partial charge < -0.3 is 14.8 Å². The van der Waals surface area contributed by atoms with E-state index in [1.807, 2.05) is 17.5 Å². The molecule has 0 amide bonds. The molecule has 21 heavy (non-hydrogen) atoms. The monoisotopic (exact) mass is 305 g/mol. The van der Waals surface area contributed by atoms with Gasteiger partial charge >= 0.3 is 0 Å². The third-order valence-electron chi connectivity index (χ3n) is 4.23. The van der Waals surface area contributed by atoms with E-state index < -0.39 is 0 Å². The molecule has 1 aliphatic carbocycles. The van der Waals surface area contributed by atoms with E-state index >= 15 is 0 Å². The molecule has 4 heteroatoms. The quantitative estimate of drug-likeness (QED) is 0.810. The van der Waals surface area contributed by atoms with Gasteiger partial charge in [0.1, 0.15) is 11.5 Å². The van der Waals surface area contributed by atoms with Gasteiger partial charge in [-0.2, -0.15) is 0 Å². The molecule has 0 saturated heterocycles. The Balaban J connectivity index is 1.45. The predicted molar refractivity (Wildman–Crippen MR) is 85.4 cm³/mol. The molecule has 0 radical (unpaired) electrons. The molecule has 0 aliphatic heterocycles. The van der Waals surface area contributed by atoms with E-state index in [0.717, 1.165) is 28.9 Å². The van der Waals surface area contributed by atoms with Gasteiger partial charge in [0.15, 0.2) is 0 Å². The van der Waals surface area contributed by atoms with E-state index in [-0.39, 0.29) is 12.1 Å². The van der Waals surface area contributed by atoms with Crippen molar-refractivity contribution < 1.29 is 9.52 Å². The number of aliphatic hydroxyl groups is 1. The van der Waals surface area contributed by atoms with Gasteiger partial charge in [0.25, 0.3) is 0 Å². The van der Waals surface area contributed by atoms with E-state index in [0.29, 0.717) is 12.3 Å². The Morgan fingerprint density at radius 3 is 2.90 bits per heavy atom. The molecule has 3 rings (SSSR count). The van der Waals surface area contributed by atoms with Gasteiger partial charge in [-0.15, -0.1) is 11.3 Å². The van der Waals surface area contributed by atoms with Crippen molar-refractivity contribution in [3.05, 3.63) is 46.0 Å². The van der Waals surface area contributed by atoms with Crippen molar-refractivity contribution in [3.63, 3.8) is 0 Å². The van der Waals surface area contributed by atoms with E-state index in [2.05, 4.69) is 31.3 Å². The number of nitrogens with one attached hydrogen (secondary N) is 1. The second-order valence-electron chi connectivity index (χ2n) is 6.17. The van der Waals surface area contributed by atoms with Gasteiger partial charge in [-0.25, -0.2) is 0 Å². The summed E-state index contributed by atoms with van der Waals surface area (Å²) in [6.45, 7) is 5.09. The topological polar surface area (TPSA) is 45.4 Å². The van der Waals surface area contributed by atoms with Crippen LogP contribution in [0, 0.1) is 5.92 Å². The lowest BCUT2D eigenvalue weighted by atomic mass is 10.1. The molecule has 0 bridgehead atoms. The fourth-order valence-electron chi connectivity index (χ4n) is 2.70. The highest BCUT2D eigenvalue weighted by molar-refractivity contribution is 7.10. The first-order valence-corrected chi connectivity index (χ1v) is 8.55. The first kappa shape index (κ1) is 14.8. The lowest BCUT2D eigenvalue weighted by Gasteiger charge is -2.16. The number of rotatable bonds is 7. The Morgan fingerprint density at radius 2 is 2.24 bits per heavy atom. The maximum absolute atomic E-state index is 10.1. The van der Waals surface area contributed by atoms with Gasteiger partial charge in [0, 0.05) is 16.8 Å². The average molecular weight is 305 g/mol. The van der Waals surface area contributed by atoms with Crippen molar-refractivity contribution in [3.8, 4) is 0 Å². The largest absolute Gasteiger partial charge is 0.464 e. The van der Waals surface area contributed by atoms with Crippen molar-refractivity contribution in [1.29, 1.82) is 0 Å². The number of thiophene rings is 1. The van der Waals surface area contributed by atoms with Crippen molar-refractivity contribution in [1.82, 2.24) is 5.32 Å². The zero-order valence-corrected chi connectivity index (χ0v) is 13.4. The first-order chi connectivity index (χ1) is 10.1. The summed E-state index contributed by atoms with van der Waals surface area (Å²) < 4.78 is 5.88. The summed E-state index contributed by atoms with van der Waals surface area (Å²) in [6, 6.07) is 8.38. The fourth-order valence-corrected chi connectivity index (χ4v) is 3.42. The first-order valence-electron chi connectivity index (χ1n) is 7.67. The van der Waals surface area contributed by atoms with Gasteiger partial charge in [-0.05, 0) is 49.3 Å². The highest BCUT2D eigenvalue weighted by Gasteiger charge is 2.36. The van der Waals surface area contributed by atoms with E-state index in [1.54, 1.807) is 11.3 Å². The van der Waals surface area contributed by atoms with Crippen LogP contribution in [0.25, 0.3) is 0 Å². The van der Waals surface area contributed by atoms with E-state index in [4.69, 9.17) is 4.42 Å². The molecule has 2 N–H and O–H groups in total. The summed E-state index contributed by atoms with van der Waals surface area (Å²) in [5.74, 6) is 3.53. The highest BCUT2D eigenvalue weighted by atomic mass is 32.1. The van der Waals surface area contributed by atoms with E-state index in [9.17, 15) is 5.11 Å². The maximum Gasteiger partial charge on any atom is 0.117 e. The van der Waals surface area contributed by atoms with Crippen LogP contribution in [0.15, 0.2) is 34.1 Å². The maximum atomic E-state index is 10.1. The third-order valence-corrected chi connectivity index (χ3v) is 5.20. The van der Waals surface area contributed by atoms with Crippen LogP contribution in [0.2, 0.25) is 0 Å². The molecule has 2 aromatic heterocycles. The minimum atomic E-state index is -0.382. The number of furan rings is 1. The minimum Gasteiger partial charge on any atom is -0.464 e. The van der Waals surface area contributed by atoms with Crippen LogP contribution in [0.1, 0.15) is 55.1 Å². The van der Waals surface area contributed by atoms with Crippen LogP contribution < -0.4 is 5.32 Å². The van der Waals surface area contributed by atoms with Crippen LogP contribution in [0.5, 0.6) is 0 Å². The summed E-state index contributed by atoms with van der Waals surface area (Å²) in [4.78, 5) is 1.03. The van der Waals surface area contributed by atoms with Crippen LogP contribution in [0.3, 0.4) is 0 Å². The molecule has 114 valence electrons. The highest BCUT2D eigenvalue weighted by Crippen LogP contribution is 2.47. The molecule has 0 spiro atoms. The normalized spacial score (nSPS) is 24.0. The third kappa shape index (κ3) is 3.76. The molecule has 4 unspecified atom stereocenters. The molecule has 1 saturated carbocycles. The lowest BCUT2D eigenvalue weighted by Crippen LogP contribution is -2.27. The standard InChI is InChI=1S/C17H23NO2S/c1-11-8-14(11)16-6-5-13(20-16)10-18-12(2)9-15(19)17-4-3-7-21-17/h3-7,11-12,14-15,18-19H,8-10H2,1-2H3. The number of aliphatic hydroxyl groups excluding tert-OH is 1. The zero-order chi connectivity index (χ0) is 14.8. The Labute approximate surface area is 130 Å². The Kier molecular flexibility index (Phi) is 4.48. The Bertz CT molecular complexity index is 563. The van der Waals surface area contributed by atoms with Gasteiger partial charge in [0.2, 0.25) is 0 Å². The molecule has 1 fully saturated rings. The van der Waals surface area contributed by atoms with Gasteiger partial charge in [-0.1, -0.05) is 13.0 Å². The second-order valence-corrected chi connectivity index (χ2v) is 7.15. The fraction of sp³-hybridized carbons (Fsp3) is 0.529. The molecule has 2 aromatic rings. The van der Waals surface area contributed by atoms with Crippen molar-refractivity contribution >= 4 is 11.3 Å². The van der Waals surface area contributed by atoms with E-state index in [1.165, 1.54) is 6.42 Å². The molecule has 1 aliphatic rings. The molecular weight excluding hydrogens is 282 g/mol. The summed E-state index contributed by atoms with van der Waals surface area (Å²) in [5.41, 5.74) is 0. The molecule has 3 nitrogen and oxygen atoms in total. The van der Waals surface area contributed by atoms with Crippen LogP contribution in [-0.4, -0.2) is 11.1 Å². The number of hydrogen-bond donors (Lipinski definition) is 2. The molecule has 4 atom stereocenters. The average Bonchev–Trinajstić information content (AvgIpc) is 2.93. The summed E-state index contributed by atoms with van der Waals surface area (Å²) >= 11 is 1.60.